The molecule has 0 spiro atoms. The number of piperidine rings is 3. The van der Waals surface area contributed by atoms with Gasteiger partial charge < -0.3 is 30.2 Å². The van der Waals surface area contributed by atoms with Gasteiger partial charge in [0.2, 0.25) is 0 Å². The first-order valence-electron chi connectivity index (χ1n) is 26.5. The molecule has 0 aliphatic carbocycles. The van der Waals surface area contributed by atoms with Crippen molar-refractivity contribution >= 4 is 17.7 Å². The molecule has 3 aliphatic rings. The van der Waals surface area contributed by atoms with E-state index in [1.807, 2.05) is 83.1 Å². The average Bonchev–Trinajstić information content (AvgIpc) is 3.22. The Bertz CT molecular complexity index is 1600. The first-order valence-corrected chi connectivity index (χ1v) is 26.5. The van der Waals surface area contributed by atoms with E-state index in [0.717, 1.165) is 73.0 Å². The molecule has 1 aromatic carbocycles. The third-order valence-electron chi connectivity index (χ3n) is 14.6. The van der Waals surface area contributed by atoms with Gasteiger partial charge in [0.05, 0.1) is 19.8 Å². The molecule has 3 N–H and O–H groups in total. The summed E-state index contributed by atoms with van der Waals surface area (Å²) in [6, 6.07) is -1.39. The van der Waals surface area contributed by atoms with Crippen LogP contribution < -0.4 is 30.2 Å². The number of hydrogen-bond donors (Lipinski definition) is 3. The molecule has 1 aromatic rings. The smallest absolute Gasteiger partial charge is 0.259 e. The van der Waals surface area contributed by atoms with Gasteiger partial charge >= 0.3 is 0 Å². The van der Waals surface area contributed by atoms with E-state index < -0.39 is 69.1 Å². The minimum absolute atomic E-state index is 0.0355. The van der Waals surface area contributed by atoms with Crippen LogP contribution in [0.4, 0.5) is 0 Å². The lowest BCUT2D eigenvalue weighted by Crippen LogP contribution is -2.62. The van der Waals surface area contributed by atoms with Crippen molar-refractivity contribution in [1.82, 2.24) is 31.1 Å². The van der Waals surface area contributed by atoms with Crippen LogP contribution in [0.25, 0.3) is 0 Å². The quantitative estimate of drug-likeness (QED) is 0.0848. The summed E-state index contributed by atoms with van der Waals surface area (Å²) in [7, 11) is 0. The summed E-state index contributed by atoms with van der Waals surface area (Å²) < 4.78 is 20.4. The Kier molecular flexibility index (Phi) is 20.3. The molecule has 3 amide bonds. The predicted molar refractivity (Wildman–Crippen MR) is 269 cm³/mol. The van der Waals surface area contributed by atoms with Crippen molar-refractivity contribution in [3.05, 3.63) is 16.7 Å². The van der Waals surface area contributed by atoms with E-state index in [9.17, 15) is 15.6 Å². The molecule has 4 rings (SSSR count). The molecule has 69 heavy (non-hydrogen) atoms. The van der Waals surface area contributed by atoms with E-state index in [1.165, 1.54) is 0 Å². The van der Waals surface area contributed by atoms with Crippen molar-refractivity contribution in [2.45, 2.75) is 271 Å². The molecule has 15 nitrogen and oxygen atoms in total. The highest BCUT2D eigenvalue weighted by atomic mass is 16.5. The van der Waals surface area contributed by atoms with Gasteiger partial charge in [-0.05, 0) is 141 Å². The monoisotopic (exact) mass is 970 g/mol. The van der Waals surface area contributed by atoms with Crippen LogP contribution in [-0.4, -0.2) is 104 Å². The maximum atomic E-state index is 15.6. The molecule has 0 bridgehead atoms. The van der Waals surface area contributed by atoms with Gasteiger partial charge in [-0.25, -0.2) is 0 Å². The topological polar surface area (TPSA) is 184 Å². The van der Waals surface area contributed by atoms with Crippen LogP contribution in [0.2, 0.25) is 0 Å². The van der Waals surface area contributed by atoms with Crippen LogP contribution in [-0.2, 0) is 15.6 Å². The fourth-order valence-corrected chi connectivity index (χ4v) is 11.7. The van der Waals surface area contributed by atoms with Crippen LogP contribution in [0.3, 0.4) is 0 Å². The van der Waals surface area contributed by atoms with E-state index >= 15 is 14.4 Å². The summed E-state index contributed by atoms with van der Waals surface area (Å²) in [6.07, 6.45) is 12.4. The predicted octanol–water partition coefficient (Wildman–Crippen LogP) is 10.9. The van der Waals surface area contributed by atoms with Crippen LogP contribution in [0.1, 0.15) is 251 Å². The summed E-state index contributed by atoms with van der Waals surface area (Å²) in [6.45, 7) is 29.3. The zero-order chi connectivity index (χ0) is 51.8. The lowest BCUT2D eigenvalue weighted by molar-refractivity contribution is -0.289. The number of amides is 3. The number of hydrogen-bond acceptors (Lipinski definition) is 9. The van der Waals surface area contributed by atoms with Gasteiger partial charge in [0, 0.05) is 51.4 Å². The van der Waals surface area contributed by atoms with Gasteiger partial charge in [0.15, 0.2) is 17.2 Å². The van der Waals surface area contributed by atoms with Gasteiger partial charge in [-0.2, -0.15) is 0 Å². The van der Waals surface area contributed by atoms with Crippen LogP contribution in [0.15, 0.2) is 0 Å². The normalized spacial score (nSPS) is 21.7. The Labute approximate surface area is 416 Å². The molecule has 3 fully saturated rings. The molecule has 0 aromatic heterocycles. The molecule has 0 unspecified atom stereocenters. The van der Waals surface area contributed by atoms with E-state index in [0.29, 0.717) is 57.8 Å². The fraction of sp³-hybridized carbons (Fsp3) is 0.833. The van der Waals surface area contributed by atoms with Crippen molar-refractivity contribution in [1.29, 1.82) is 0 Å². The van der Waals surface area contributed by atoms with E-state index in [2.05, 4.69) is 36.7 Å². The Hall–Kier alpha value is -3.21. The standard InChI is InChI=1S/C54H93N6O9/c1-16-19-22-25-28-67-43-40(46(61)55-37-31-49(4,5)58(64)50(6,7)32-37)44(68-29-26-23-20-17-2)42(48(63)57-39-35-53(12,13)60(66)54(14,15)36-39)45(69-30-27-24-21-18-3)41(43)47(62)56-38-33-51(8,9)59(65)52(10,11)34-38/h37-39H,16-36H2,1-15H3,(H,55,61)(H,56,62)(H,57,63). The number of unbranched alkanes of at least 4 members (excludes halogenated alkanes) is 9. The van der Waals surface area contributed by atoms with Crippen molar-refractivity contribution < 1.29 is 44.2 Å². The SMILES string of the molecule is CCCCCCOc1c(C(=O)NC2CC(C)(C)N([O])C(C)(C)C2)c(OCCCCCC)c(C(=O)NC2CC(C)(C)N([O])C(C)(C)C2)c(OCCCCCC)c1C(=O)NC1CC(C)(C)N([O])C(C)(C)C1. The Balaban J connectivity index is 2.09. The van der Waals surface area contributed by atoms with Gasteiger partial charge in [-0.3, -0.25) is 14.4 Å². The van der Waals surface area contributed by atoms with Crippen molar-refractivity contribution in [2.24, 2.45) is 0 Å². The van der Waals surface area contributed by atoms with Crippen LogP contribution in [0, 0.1) is 0 Å². The van der Waals surface area contributed by atoms with Gasteiger partial charge in [0.1, 0.15) is 16.7 Å². The maximum absolute atomic E-state index is 15.6. The first kappa shape index (κ1) is 58.4. The summed E-state index contributed by atoms with van der Waals surface area (Å²) in [4.78, 5) is 46.7. The second-order valence-electron chi connectivity index (χ2n) is 24.3. The molecule has 0 atom stereocenters. The number of carbonyl (C=O) groups excluding carboxylic acids is 3. The molecular formula is C54H93N6O9. The Morgan fingerprint density at radius 2 is 0.594 bits per heavy atom. The third-order valence-corrected chi connectivity index (χ3v) is 14.6. The molecular weight excluding hydrogens is 877 g/mol. The van der Waals surface area contributed by atoms with E-state index in [1.54, 1.807) is 0 Å². The fourth-order valence-electron chi connectivity index (χ4n) is 11.7. The number of ether oxygens (including phenoxy) is 3. The molecule has 0 saturated carbocycles. The highest BCUT2D eigenvalue weighted by Crippen LogP contribution is 2.47. The largest absolute Gasteiger partial charge is 0.492 e. The Morgan fingerprint density at radius 3 is 0.783 bits per heavy atom. The van der Waals surface area contributed by atoms with Gasteiger partial charge in [0.25, 0.3) is 17.7 Å². The second-order valence-corrected chi connectivity index (χ2v) is 24.3. The number of nitrogens with one attached hydrogen (secondary N) is 3. The van der Waals surface area contributed by atoms with Crippen LogP contribution >= 0.6 is 0 Å². The molecule has 393 valence electrons. The molecule has 15 heteroatoms. The van der Waals surface area contributed by atoms with Crippen LogP contribution in [0.5, 0.6) is 17.2 Å². The number of carbonyl (C=O) groups is 3. The highest BCUT2D eigenvalue weighted by molar-refractivity contribution is 6.14. The first-order chi connectivity index (χ1) is 32.1. The zero-order valence-electron chi connectivity index (χ0n) is 45.6. The van der Waals surface area contributed by atoms with Crippen molar-refractivity contribution in [2.75, 3.05) is 19.8 Å². The van der Waals surface area contributed by atoms with Gasteiger partial charge in [-0.15, -0.1) is 30.8 Å². The van der Waals surface area contributed by atoms with Crippen molar-refractivity contribution in [3.8, 4) is 17.2 Å². The lowest BCUT2D eigenvalue weighted by Gasteiger charge is -2.50. The molecule has 3 heterocycles. The van der Waals surface area contributed by atoms with E-state index in [-0.39, 0.29) is 53.8 Å². The minimum atomic E-state index is -0.815. The second kappa shape index (κ2) is 24.0. The Morgan fingerprint density at radius 1 is 0.391 bits per heavy atom. The molecule has 3 saturated heterocycles. The summed E-state index contributed by atoms with van der Waals surface area (Å²) in [5.41, 5.74) is -5.14. The maximum Gasteiger partial charge on any atom is 0.259 e. The lowest BCUT2D eigenvalue weighted by atomic mass is 9.78. The zero-order valence-corrected chi connectivity index (χ0v) is 45.6. The minimum Gasteiger partial charge on any atom is -0.492 e. The van der Waals surface area contributed by atoms with E-state index in [4.69, 9.17) is 14.2 Å². The summed E-state index contributed by atoms with van der Waals surface area (Å²) in [5, 5.41) is 53.7. The number of rotatable bonds is 24. The van der Waals surface area contributed by atoms with Crippen molar-refractivity contribution in [3.63, 3.8) is 0 Å². The molecule has 3 radical (unpaired) electrons. The number of nitrogens with zero attached hydrogens (tertiary/aromatic N) is 3. The summed E-state index contributed by atoms with van der Waals surface area (Å²) >= 11 is 0. The molecule has 3 aliphatic heterocycles. The average molecular weight is 970 g/mol. The summed E-state index contributed by atoms with van der Waals surface area (Å²) in [5.74, 6) is -1.90. The number of benzene rings is 1. The third kappa shape index (κ3) is 14.7. The highest BCUT2D eigenvalue weighted by Gasteiger charge is 2.50. The van der Waals surface area contributed by atoms with Gasteiger partial charge in [-0.1, -0.05) is 78.6 Å². The number of hydroxylamine groups is 6.